The molecule has 0 fully saturated rings. The second-order valence-electron chi connectivity index (χ2n) is 3.92. The Balaban J connectivity index is 2.28. The van der Waals surface area contributed by atoms with Crippen LogP contribution in [0.1, 0.15) is 11.1 Å². The van der Waals surface area contributed by atoms with E-state index < -0.39 is 0 Å². The smallest absolute Gasteiger partial charge is 0.147 e. The molecule has 0 spiro atoms. The third kappa shape index (κ3) is 3.05. The van der Waals surface area contributed by atoms with E-state index in [9.17, 15) is 0 Å². The lowest BCUT2D eigenvalue weighted by Crippen LogP contribution is -1.91. The van der Waals surface area contributed by atoms with Crippen LogP contribution in [0.3, 0.4) is 0 Å². The maximum Gasteiger partial charge on any atom is 0.147 e. The van der Waals surface area contributed by atoms with E-state index in [1.165, 1.54) is 0 Å². The highest BCUT2D eigenvalue weighted by Gasteiger charge is 2.05. The molecule has 0 bridgehead atoms. The minimum atomic E-state index is 0.0315. The van der Waals surface area contributed by atoms with Crippen molar-refractivity contribution in [3.05, 3.63) is 57.0 Å². The Kier molecular flexibility index (Phi) is 4.27. The molecule has 0 amide bonds. The van der Waals surface area contributed by atoms with Crippen LogP contribution in [0.15, 0.2) is 40.9 Å². The second-order valence-corrected chi connectivity index (χ2v) is 5.25. The van der Waals surface area contributed by atoms with Crippen molar-refractivity contribution in [1.29, 1.82) is 0 Å². The predicted molar refractivity (Wildman–Crippen MR) is 76.3 cm³/mol. The van der Waals surface area contributed by atoms with Gasteiger partial charge in [-0.25, -0.2) is 0 Å². The number of ether oxygens (including phenoxy) is 1. The summed E-state index contributed by atoms with van der Waals surface area (Å²) in [6, 6.07) is 11.0. The zero-order valence-corrected chi connectivity index (χ0v) is 12.1. The molecule has 0 radical (unpaired) electrons. The Bertz CT molecular complexity index is 570. The van der Waals surface area contributed by atoms with Crippen molar-refractivity contribution in [2.75, 3.05) is 0 Å². The molecular formula is C14H12BrClO2. The summed E-state index contributed by atoms with van der Waals surface area (Å²) in [7, 11) is 0. The van der Waals surface area contributed by atoms with Gasteiger partial charge in [0.2, 0.25) is 0 Å². The normalized spacial score (nSPS) is 10.4. The van der Waals surface area contributed by atoms with E-state index in [1.807, 2.05) is 37.3 Å². The van der Waals surface area contributed by atoms with Crippen LogP contribution in [0.5, 0.6) is 11.5 Å². The molecule has 18 heavy (non-hydrogen) atoms. The number of aryl methyl sites for hydroxylation is 1. The largest absolute Gasteiger partial charge is 0.456 e. The maximum absolute atomic E-state index is 9.11. The number of aliphatic hydroxyl groups is 1. The molecule has 0 heterocycles. The monoisotopic (exact) mass is 326 g/mol. The highest BCUT2D eigenvalue weighted by atomic mass is 79.9. The van der Waals surface area contributed by atoms with Gasteiger partial charge in [0.15, 0.2) is 0 Å². The van der Waals surface area contributed by atoms with Crippen molar-refractivity contribution < 1.29 is 9.84 Å². The number of aliphatic hydroxyl groups excluding tert-OH is 1. The van der Waals surface area contributed by atoms with Crippen LogP contribution in [0.4, 0.5) is 0 Å². The Hall–Kier alpha value is -1.03. The Morgan fingerprint density at radius 1 is 1.22 bits per heavy atom. The number of hydrogen-bond donors (Lipinski definition) is 1. The molecule has 0 saturated carbocycles. The van der Waals surface area contributed by atoms with Crippen LogP contribution in [0.2, 0.25) is 5.02 Å². The van der Waals surface area contributed by atoms with Crippen molar-refractivity contribution in [2.24, 2.45) is 0 Å². The topological polar surface area (TPSA) is 29.5 Å². The molecule has 0 aliphatic carbocycles. The van der Waals surface area contributed by atoms with Crippen LogP contribution in [0.25, 0.3) is 0 Å². The molecule has 0 unspecified atom stereocenters. The van der Waals surface area contributed by atoms with Gasteiger partial charge in [0, 0.05) is 4.47 Å². The van der Waals surface area contributed by atoms with Crippen molar-refractivity contribution in [3.63, 3.8) is 0 Å². The standard InChI is InChI=1S/C14H12BrClO2/c1-9-6-12(4-2-10(9)8-17)18-14-7-11(15)3-5-13(14)16/h2-7,17H,8H2,1H3. The third-order valence-corrected chi connectivity index (χ3v) is 3.41. The summed E-state index contributed by atoms with van der Waals surface area (Å²) >= 11 is 9.43. The van der Waals surface area contributed by atoms with Gasteiger partial charge in [-0.1, -0.05) is 33.6 Å². The van der Waals surface area contributed by atoms with Gasteiger partial charge in [0.05, 0.1) is 11.6 Å². The molecule has 2 aromatic rings. The summed E-state index contributed by atoms with van der Waals surface area (Å²) in [5, 5.41) is 9.67. The van der Waals surface area contributed by atoms with Gasteiger partial charge in [-0.05, 0) is 48.4 Å². The van der Waals surface area contributed by atoms with E-state index in [-0.39, 0.29) is 6.61 Å². The van der Waals surface area contributed by atoms with Crippen LogP contribution >= 0.6 is 27.5 Å². The molecule has 0 atom stereocenters. The average molecular weight is 328 g/mol. The molecule has 2 rings (SSSR count). The number of benzene rings is 2. The van der Waals surface area contributed by atoms with E-state index >= 15 is 0 Å². The fraction of sp³-hybridized carbons (Fsp3) is 0.143. The summed E-state index contributed by atoms with van der Waals surface area (Å²) in [4.78, 5) is 0. The molecule has 0 aliphatic rings. The van der Waals surface area contributed by atoms with Gasteiger partial charge in [0.25, 0.3) is 0 Å². The molecule has 0 aromatic heterocycles. The highest BCUT2D eigenvalue weighted by Crippen LogP contribution is 2.32. The maximum atomic E-state index is 9.11. The van der Waals surface area contributed by atoms with Gasteiger partial charge < -0.3 is 9.84 Å². The Morgan fingerprint density at radius 2 is 2.00 bits per heavy atom. The van der Waals surface area contributed by atoms with Crippen molar-refractivity contribution >= 4 is 27.5 Å². The van der Waals surface area contributed by atoms with Crippen LogP contribution < -0.4 is 4.74 Å². The van der Waals surface area contributed by atoms with Gasteiger partial charge in [-0.2, -0.15) is 0 Å². The van der Waals surface area contributed by atoms with E-state index in [4.69, 9.17) is 21.4 Å². The zero-order chi connectivity index (χ0) is 13.1. The van der Waals surface area contributed by atoms with E-state index in [2.05, 4.69) is 15.9 Å². The second kappa shape index (κ2) is 5.74. The lowest BCUT2D eigenvalue weighted by atomic mass is 10.1. The molecule has 4 heteroatoms. The summed E-state index contributed by atoms with van der Waals surface area (Å²) in [5.41, 5.74) is 1.88. The van der Waals surface area contributed by atoms with E-state index in [0.717, 1.165) is 15.6 Å². The Labute approximate surface area is 119 Å². The minimum absolute atomic E-state index is 0.0315. The summed E-state index contributed by atoms with van der Waals surface area (Å²) < 4.78 is 6.63. The van der Waals surface area contributed by atoms with Gasteiger partial charge in [-0.15, -0.1) is 0 Å². The summed E-state index contributed by atoms with van der Waals surface area (Å²) in [6.45, 7) is 1.96. The van der Waals surface area contributed by atoms with E-state index in [0.29, 0.717) is 16.5 Å². The minimum Gasteiger partial charge on any atom is -0.456 e. The van der Waals surface area contributed by atoms with Crippen LogP contribution in [0, 0.1) is 6.92 Å². The predicted octanol–water partition coefficient (Wildman–Crippen LogP) is 4.70. The van der Waals surface area contributed by atoms with E-state index in [1.54, 1.807) is 6.07 Å². The average Bonchev–Trinajstić information content (AvgIpc) is 2.34. The molecule has 0 saturated heterocycles. The summed E-state index contributed by atoms with van der Waals surface area (Å²) in [5.74, 6) is 1.30. The molecular weight excluding hydrogens is 316 g/mol. The molecule has 94 valence electrons. The molecule has 0 aliphatic heterocycles. The lowest BCUT2D eigenvalue weighted by molar-refractivity contribution is 0.281. The molecule has 2 nitrogen and oxygen atoms in total. The quantitative estimate of drug-likeness (QED) is 0.885. The van der Waals surface area contributed by atoms with Crippen LogP contribution in [-0.4, -0.2) is 5.11 Å². The Morgan fingerprint density at radius 3 is 2.67 bits per heavy atom. The fourth-order valence-corrected chi connectivity index (χ4v) is 2.09. The fourth-order valence-electron chi connectivity index (χ4n) is 1.59. The first-order valence-electron chi connectivity index (χ1n) is 5.43. The first-order chi connectivity index (χ1) is 8.60. The van der Waals surface area contributed by atoms with Gasteiger partial charge in [0.1, 0.15) is 11.5 Å². The first kappa shape index (κ1) is 13.4. The zero-order valence-electron chi connectivity index (χ0n) is 9.78. The highest BCUT2D eigenvalue weighted by molar-refractivity contribution is 9.10. The van der Waals surface area contributed by atoms with Crippen molar-refractivity contribution in [2.45, 2.75) is 13.5 Å². The molecule has 1 N–H and O–H groups in total. The van der Waals surface area contributed by atoms with Crippen LogP contribution in [-0.2, 0) is 6.61 Å². The summed E-state index contributed by atoms with van der Waals surface area (Å²) in [6.07, 6.45) is 0. The number of hydrogen-bond acceptors (Lipinski definition) is 2. The van der Waals surface area contributed by atoms with Crippen molar-refractivity contribution in [1.82, 2.24) is 0 Å². The van der Waals surface area contributed by atoms with Gasteiger partial charge >= 0.3 is 0 Å². The lowest BCUT2D eigenvalue weighted by Gasteiger charge is -2.10. The number of halogens is 2. The SMILES string of the molecule is Cc1cc(Oc2cc(Br)ccc2Cl)ccc1CO. The first-order valence-corrected chi connectivity index (χ1v) is 6.60. The van der Waals surface area contributed by atoms with Crippen molar-refractivity contribution in [3.8, 4) is 11.5 Å². The molecule has 2 aromatic carbocycles. The third-order valence-electron chi connectivity index (χ3n) is 2.61. The van der Waals surface area contributed by atoms with Gasteiger partial charge in [-0.3, -0.25) is 0 Å². The number of rotatable bonds is 3.